The number of carbonyl (C=O) groups excluding carboxylic acids is 2. The highest BCUT2D eigenvalue weighted by Crippen LogP contribution is 2.29. The van der Waals surface area contributed by atoms with Crippen molar-refractivity contribution in [3.05, 3.63) is 57.6 Å². The van der Waals surface area contributed by atoms with Gasteiger partial charge in [-0.3, -0.25) is 20.4 Å². The third kappa shape index (κ3) is 6.30. The summed E-state index contributed by atoms with van der Waals surface area (Å²) in [6.07, 6.45) is -0.118. The monoisotopic (exact) mass is 460 g/mol. The van der Waals surface area contributed by atoms with E-state index in [-0.39, 0.29) is 24.4 Å². The molecule has 0 fully saturated rings. The van der Waals surface area contributed by atoms with Crippen molar-refractivity contribution in [1.29, 1.82) is 0 Å². The highest BCUT2D eigenvalue weighted by atomic mass is 32.2. The van der Waals surface area contributed by atoms with Crippen LogP contribution < -0.4 is 20.9 Å². The first-order chi connectivity index (χ1) is 14.9. The second-order valence-corrected chi connectivity index (χ2v) is 9.62. The number of anilines is 1. The van der Waals surface area contributed by atoms with Gasteiger partial charge in [0.05, 0.1) is 11.4 Å². The fraction of sp³-hybridized carbons (Fsp3) is 0.391. The summed E-state index contributed by atoms with van der Waals surface area (Å²) in [4.78, 5) is 24.1. The Hall–Kier alpha value is -2.91. The molecule has 0 saturated carbocycles. The van der Waals surface area contributed by atoms with Gasteiger partial charge in [-0.2, -0.15) is 0 Å². The SMILES string of the molecule is Cc1ccc(NCC(=O)NNC(=O)CCNS(=O)(=O)c2c(C)c(C)c(C)c(C)c2C)cc1. The van der Waals surface area contributed by atoms with Crippen LogP contribution >= 0.6 is 0 Å². The summed E-state index contributed by atoms with van der Waals surface area (Å²) in [6.45, 7) is 11.2. The molecule has 9 heteroatoms. The molecular weight excluding hydrogens is 428 g/mol. The van der Waals surface area contributed by atoms with Crippen molar-refractivity contribution >= 4 is 27.5 Å². The van der Waals surface area contributed by atoms with Crippen LogP contribution in [0.3, 0.4) is 0 Å². The van der Waals surface area contributed by atoms with Gasteiger partial charge in [-0.1, -0.05) is 17.7 Å². The Bertz CT molecular complexity index is 1080. The predicted molar refractivity (Wildman–Crippen MR) is 126 cm³/mol. The van der Waals surface area contributed by atoms with Gasteiger partial charge in [-0.15, -0.1) is 0 Å². The first-order valence-electron chi connectivity index (χ1n) is 10.4. The lowest BCUT2D eigenvalue weighted by Gasteiger charge is -2.19. The maximum absolute atomic E-state index is 12.9. The minimum Gasteiger partial charge on any atom is -0.376 e. The predicted octanol–water partition coefficient (Wildman–Crippen LogP) is 2.47. The molecule has 2 aromatic carbocycles. The number of rotatable bonds is 8. The maximum atomic E-state index is 12.9. The van der Waals surface area contributed by atoms with Crippen LogP contribution in [0.15, 0.2) is 29.2 Å². The van der Waals surface area contributed by atoms with E-state index in [4.69, 9.17) is 0 Å². The Morgan fingerprint density at radius 2 is 1.25 bits per heavy atom. The van der Waals surface area contributed by atoms with Crippen LogP contribution in [0.1, 0.15) is 39.8 Å². The molecule has 0 aliphatic heterocycles. The number of hydrazine groups is 1. The Balaban J connectivity index is 1.83. The summed E-state index contributed by atoms with van der Waals surface area (Å²) in [6, 6.07) is 7.55. The Kier molecular flexibility index (Phi) is 8.40. The van der Waals surface area contributed by atoms with Crippen molar-refractivity contribution in [2.45, 2.75) is 52.9 Å². The molecule has 0 radical (unpaired) electrons. The van der Waals surface area contributed by atoms with Gasteiger partial charge in [0.2, 0.25) is 15.9 Å². The molecule has 4 N–H and O–H groups in total. The molecule has 2 rings (SSSR count). The lowest BCUT2D eigenvalue weighted by molar-refractivity contribution is -0.127. The summed E-state index contributed by atoms with van der Waals surface area (Å²) >= 11 is 0. The van der Waals surface area contributed by atoms with Gasteiger partial charge in [0.1, 0.15) is 0 Å². The van der Waals surface area contributed by atoms with Crippen molar-refractivity contribution in [2.75, 3.05) is 18.4 Å². The summed E-state index contributed by atoms with van der Waals surface area (Å²) in [7, 11) is -3.78. The lowest BCUT2D eigenvalue weighted by Crippen LogP contribution is -2.45. The molecule has 0 atom stereocenters. The van der Waals surface area contributed by atoms with Crippen LogP contribution in [0, 0.1) is 41.5 Å². The Morgan fingerprint density at radius 1 is 0.750 bits per heavy atom. The first kappa shape index (κ1) is 25.4. The van der Waals surface area contributed by atoms with E-state index in [2.05, 4.69) is 20.9 Å². The summed E-state index contributed by atoms with van der Waals surface area (Å²) < 4.78 is 28.2. The van der Waals surface area contributed by atoms with Gasteiger partial charge in [0, 0.05) is 18.7 Å². The van der Waals surface area contributed by atoms with Gasteiger partial charge >= 0.3 is 0 Å². The van der Waals surface area contributed by atoms with Gasteiger partial charge < -0.3 is 5.32 Å². The number of hydrogen-bond acceptors (Lipinski definition) is 5. The van der Waals surface area contributed by atoms with E-state index in [1.807, 2.05) is 52.0 Å². The summed E-state index contributed by atoms with van der Waals surface area (Å²) in [5.74, 6) is -0.919. The fourth-order valence-electron chi connectivity index (χ4n) is 3.34. The van der Waals surface area contributed by atoms with Crippen molar-refractivity contribution < 1.29 is 18.0 Å². The fourth-order valence-corrected chi connectivity index (χ4v) is 4.97. The number of hydrogen-bond donors (Lipinski definition) is 4. The van der Waals surface area contributed by atoms with Gasteiger partial charge in [-0.05, 0) is 81.5 Å². The zero-order valence-corrected chi connectivity index (χ0v) is 20.3. The van der Waals surface area contributed by atoms with Crippen LogP contribution in [0.25, 0.3) is 0 Å². The highest BCUT2D eigenvalue weighted by molar-refractivity contribution is 7.89. The van der Waals surface area contributed by atoms with Gasteiger partial charge in [0.15, 0.2) is 0 Å². The standard InChI is InChI=1S/C23H32N4O4S/c1-14-7-9-20(10-8-14)24-13-22(29)27-26-21(28)11-12-25-32(30,31)23-18(5)16(3)15(2)17(4)19(23)6/h7-10,24-25H,11-13H2,1-6H3,(H,26,28)(H,27,29). The smallest absolute Gasteiger partial charge is 0.257 e. The van der Waals surface area contributed by atoms with Crippen molar-refractivity contribution in [3.63, 3.8) is 0 Å². The third-order valence-corrected chi connectivity index (χ3v) is 7.42. The molecule has 0 spiro atoms. The normalized spacial score (nSPS) is 11.2. The van der Waals surface area contributed by atoms with E-state index < -0.39 is 21.8 Å². The van der Waals surface area contributed by atoms with Crippen LogP contribution in [0.5, 0.6) is 0 Å². The van der Waals surface area contributed by atoms with Crippen molar-refractivity contribution in [1.82, 2.24) is 15.6 Å². The van der Waals surface area contributed by atoms with E-state index in [0.717, 1.165) is 27.9 Å². The number of carbonyl (C=O) groups is 2. The van der Waals surface area contributed by atoms with E-state index in [1.54, 1.807) is 13.8 Å². The average Bonchev–Trinajstić information content (AvgIpc) is 2.74. The largest absolute Gasteiger partial charge is 0.376 e. The Labute approximate surface area is 190 Å². The summed E-state index contributed by atoms with van der Waals surface area (Å²) in [5.41, 5.74) is 10.9. The number of benzene rings is 2. The van der Waals surface area contributed by atoms with Crippen LogP contribution in [0.4, 0.5) is 5.69 Å². The molecule has 0 saturated heterocycles. The van der Waals surface area contributed by atoms with E-state index >= 15 is 0 Å². The number of amides is 2. The second kappa shape index (κ2) is 10.6. The Morgan fingerprint density at radius 3 is 1.81 bits per heavy atom. The zero-order valence-electron chi connectivity index (χ0n) is 19.5. The second-order valence-electron chi connectivity index (χ2n) is 7.92. The van der Waals surface area contributed by atoms with Crippen LogP contribution in [-0.4, -0.2) is 33.3 Å². The molecule has 0 unspecified atom stereocenters. The maximum Gasteiger partial charge on any atom is 0.257 e. The number of sulfonamides is 1. The molecule has 0 aromatic heterocycles. The molecule has 32 heavy (non-hydrogen) atoms. The molecule has 8 nitrogen and oxygen atoms in total. The molecule has 2 amide bonds. The van der Waals surface area contributed by atoms with E-state index in [1.165, 1.54) is 0 Å². The number of nitrogens with one attached hydrogen (secondary N) is 4. The molecule has 0 aliphatic rings. The van der Waals surface area contributed by atoms with E-state index in [0.29, 0.717) is 11.1 Å². The molecule has 2 aromatic rings. The van der Waals surface area contributed by atoms with Crippen LogP contribution in [0.2, 0.25) is 0 Å². The quantitative estimate of drug-likeness (QED) is 0.452. The molecular formula is C23H32N4O4S. The lowest BCUT2D eigenvalue weighted by atomic mass is 9.95. The van der Waals surface area contributed by atoms with Crippen molar-refractivity contribution in [3.8, 4) is 0 Å². The van der Waals surface area contributed by atoms with Crippen molar-refractivity contribution in [2.24, 2.45) is 0 Å². The van der Waals surface area contributed by atoms with Crippen LogP contribution in [-0.2, 0) is 19.6 Å². The van der Waals surface area contributed by atoms with E-state index in [9.17, 15) is 18.0 Å². The third-order valence-electron chi connectivity index (χ3n) is 5.69. The molecule has 0 heterocycles. The minimum absolute atomic E-state index is 0.0132. The first-order valence-corrected chi connectivity index (χ1v) is 11.9. The molecule has 0 aliphatic carbocycles. The van der Waals surface area contributed by atoms with Gasteiger partial charge in [-0.25, -0.2) is 13.1 Å². The minimum atomic E-state index is -3.78. The number of aryl methyl sites for hydroxylation is 1. The molecule has 0 bridgehead atoms. The topological polar surface area (TPSA) is 116 Å². The zero-order chi connectivity index (χ0) is 24.1. The highest BCUT2D eigenvalue weighted by Gasteiger charge is 2.23. The average molecular weight is 461 g/mol. The molecule has 174 valence electrons. The summed E-state index contributed by atoms with van der Waals surface area (Å²) in [5, 5.41) is 2.95. The van der Waals surface area contributed by atoms with Gasteiger partial charge in [0.25, 0.3) is 5.91 Å².